The molecule has 0 N–H and O–H groups in total. The fourth-order valence-electron chi connectivity index (χ4n) is 3.02. The Morgan fingerprint density at radius 1 is 0.935 bits per heavy atom. The first-order valence-electron chi connectivity index (χ1n) is 8.97. The smallest absolute Gasteiger partial charge is 0.359 e. The molecule has 170 valence electrons. The van der Waals surface area contributed by atoms with Gasteiger partial charge in [-0.15, -0.1) is 0 Å². The molecule has 0 aliphatic carbocycles. The Morgan fingerprint density at radius 3 is 2.03 bits per heavy atom. The van der Waals surface area contributed by atoms with E-state index in [0.29, 0.717) is 0 Å². The molecule has 2 heterocycles. The van der Waals surface area contributed by atoms with Crippen molar-refractivity contribution in [2.45, 2.75) is 45.3 Å². The molecule has 4 atom stereocenters. The molecule has 2 rings (SSSR count). The Labute approximate surface area is 176 Å². The van der Waals surface area contributed by atoms with Gasteiger partial charge < -0.3 is 28.4 Å². The zero-order valence-corrected chi connectivity index (χ0v) is 17.5. The van der Waals surface area contributed by atoms with E-state index in [0.717, 1.165) is 39.0 Å². The topological polar surface area (TPSA) is 159 Å². The number of hydrogen-bond donors (Lipinski definition) is 0. The molecular weight excluding hydrogens is 420 g/mol. The first-order chi connectivity index (χ1) is 14.6. The highest BCUT2D eigenvalue weighted by Crippen LogP contribution is 2.36. The second kappa shape index (κ2) is 10.0. The third-order valence-corrected chi connectivity index (χ3v) is 4.17. The highest BCUT2D eigenvalue weighted by atomic mass is 16.7. The third kappa shape index (κ3) is 5.36. The minimum atomic E-state index is -1.28. The second-order valence-electron chi connectivity index (χ2n) is 6.35. The van der Waals surface area contributed by atoms with E-state index in [9.17, 15) is 24.0 Å². The van der Waals surface area contributed by atoms with Gasteiger partial charge in [0.1, 0.15) is 12.7 Å². The average Bonchev–Trinajstić information content (AvgIpc) is 3.26. The van der Waals surface area contributed by atoms with Crippen molar-refractivity contribution in [2.24, 2.45) is 0 Å². The van der Waals surface area contributed by atoms with Gasteiger partial charge in [0.2, 0.25) is 0 Å². The monoisotopic (exact) mass is 442 g/mol. The van der Waals surface area contributed by atoms with Gasteiger partial charge in [-0.25, -0.2) is 14.6 Å². The lowest BCUT2D eigenvalue weighted by Crippen LogP contribution is -2.40. The molecule has 1 aliphatic rings. The van der Waals surface area contributed by atoms with Crippen LogP contribution in [-0.2, 0) is 42.8 Å². The average molecular weight is 442 g/mol. The van der Waals surface area contributed by atoms with E-state index >= 15 is 0 Å². The lowest BCUT2D eigenvalue weighted by Gasteiger charge is -2.24. The largest absolute Gasteiger partial charge is 0.464 e. The summed E-state index contributed by atoms with van der Waals surface area (Å²) in [5.41, 5.74) is -0.710. The predicted octanol–water partition coefficient (Wildman–Crippen LogP) is -0.220. The molecule has 1 saturated heterocycles. The molecule has 1 fully saturated rings. The zero-order valence-electron chi connectivity index (χ0n) is 17.5. The molecule has 1 aliphatic heterocycles. The molecule has 0 unspecified atom stereocenters. The number of methoxy groups -OCH3 is 2. The minimum Gasteiger partial charge on any atom is -0.464 e. The standard InChI is InChI=1S/C18H22N2O11/c1-8(21)28-6-11-14(29-9(2)22)15(30-10(3)23)16(31-11)20-7-19-12(17(24)26-4)13(20)18(25)27-5/h7,11,14-16H,6H2,1-5H3/t11-,14-,15-,16-/m1/s1. The van der Waals surface area contributed by atoms with Gasteiger partial charge in [0, 0.05) is 20.8 Å². The Balaban J connectivity index is 2.55. The molecule has 13 nitrogen and oxygen atoms in total. The van der Waals surface area contributed by atoms with Crippen molar-refractivity contribution in [1.82, 2.24) is 9.55 Å². The first-order valence-corrected chi connectivity index (χ1v) is 8.97. The van der Waals surface area contributed by atoms with Gasteiger partial charge in [0.15, 0.2) is 29.8 Å². The van der Waals surface area contributed by atoms with Crippen molar-refractivity contribution >= 4 is 29.8 Å². The van der Waals surface area contributed by atoms with E-state index in [1.807, 2.05) is 0 Å². The van der Waals surface area contributed by atoms with Gasteiger partial charge in [-0.3, -0.25) is 19.0 Å². The fourth-order valence-corrected chi connectivity index (χ4v) is 3.02. The molecular formula is C18H22N2O11. The van der Waals surface area contributed by atoms with E-state index in [1.54, 1.807) is 0 Å². The fraction of sp³-hybridized carbons (Fsp3) is 0.556. The number of carbonyl (C=O) groups excluding carboxylic acids is 5. The van der Waals surface area contributed by atoms with Crippen molar-refractivity contribution in [2.75, 3.05) is 20.8 Å². The number of aromatic nitrogens is 2. The van der Waals surface area contributed by atoms with Crippen LogP contribution in [0.1, 0.15) is 48.0 Å². The number of carbonyl (C=O) groups is 5. The van der Waals surface area contributed by atoms with Crippen molar-refractivity contribution in [1.29, 1.82) is 0 Å². The van der Waals surface area contributed by atoms with Crippen LogP contribution in [0, 0.1) is 0 Å². The molecule has 0 bridgehead atoms. The Morgan fingerprint density at radius 2 is 1.52 bits per heavy atom. The van der Waals surface area contributed by atoms with Gasteiger partial charge in [-0.1, -0.05) is 0 Å². The highest BCUT2D eigenvalue weighted by Gasteiger charge is 2.51. The molecule has 0 saturated carbocycles. The first kappa shape index (κ1) is 23.8. The predicted molar refractivity (Wildman–Crippen MR) is 96.6 cm³/mol. The molecule has 1 aromatic rings. The van der Waals surface area contributed by atoms with E-state index in [4.69, 9.17) is 23.7 Å². The number of rotatable bonds is 7. The Hall–Kier alpha value is -3.48. The molecule has 1 aromatic heterocycles. The molecule has 13 heteroatoms. The third-order valence-electron chi connectivity index (χ3n) is 4.17. The van der Waals surface area contributed by atoms with Crippen LogP contribution >= 0.6 is 0 Å². The maximum atomic E-state index is 12.4. The summed E-state index contributed by atoms with van der Waals surface area (Å²) in [5.74, 6) is -3.95. The number of nitrogens with zero attached hydrogens (tertiary/aromatic N) is 2. The van der Waals surface area contributed by atoms with Gasteiger partial charge in [0.05, 0.1) is 20.5 Å². The van der Waals surface area contributed by atoms with Gasteiger partial charge in [-0.05, 0) is 0 Å². The molecule has 0 radical (unpaired) electrons. The lowest BCUT2D eigenvalue weighted by molar-refractivity contribution is -0.166. The van der Waals surface area contributed by atoms with Crippen LogP contribution in [0.5, 0.6) is 0 Å². The van der Waals surface area contributed by atoms with E-state index in [-0.39, 0.29) is 18.0 Å². The van der Waals surface area contributed by atoms with Crippen molar-refractivity contribution in [3.05, 3.63) is 17.7 Å². The van der Waals surface area contributed by atoms with E-state index < -0.39 is 54.4 Å². The van der Waals surface area contributed by atoms with Crippen LogP contribution in [-0.4, -0.2) is 78.5 Å². The van der Waals surface area contributed by atoms with Gasteiger partial charge >= 0.3 is 29.8 Å². The van der Waals surface area contributed by atoms with Crippen LogP contribution in [0.4, 0.5) is 0 Å². The number of esters is 5. The minimum absolute atomic E-state index is 0.340. The summed E-state index contributed by atoms with van der Waals surface area (Å²) in [5, 5.41) is 0. The second-order valence-corrected chi connectivity index (χ2v) is 6.35. The van der Waals surface area contributed by atoms with Crippen LogP contribution in [0.25, 0.3) is 0 Å². The maximum Gasteiger partial charge on any atom is 0.359 e. The van der Waals surface area contributed by atoms with Crippen molar-refractivity contribution in [3.8, 4) is 0 Å². The van der Waals surface area contributed by atoms with Gasteiger partial charge in [0.25, 0.3) is 0 Å². The summed E-state index contributed by atoms with van der Waals surface area (Å²) < 4.78 is 31.7. The van der Waals surface area contributed by atoms with Crippen molar-refractivity contribution in [3.63, 3.8) is 0 Å². The normalized spacial score (nSPS) is 22.4. The number of ether oxygens (including phenoxy) is 6. The number of imidazole rings is 1. The maximum absolute atomic E-state index is 12.4. The Bertz CT molecular complexity index is 878. The Kier molecular flexibility index (Phi) is 7.69. The van der Waals surface area contributed by atoms with Crippen molar-refractivity contribution < 1.29 is 52.4 Å². The lowest BCUT2D eigenvalue weighted by atomic mass is 10.1. The molecule has 0 amide bonds. The summed E-state index contributed by atoms with van der Waals surface area (Å²) in [4.78, 5) is 62.9. The summed E-state index contributed by atoms with van der Waals surface area (Å²) in [6, 6.07) is 0. The van der Waals surface area contributed by atoms with Crippen LogP contribution < -0.4 is 0 Å². The molecule has 0 spiro atoms. The summed E-state index contributed by atoms with van der Waals surface area (Å²) in [6.07, 6.45) is -3.73. The van der Waals surface area contributed by atoms with Crippen LogP contribution in [0.15, 0.2) is 6.33 Å². The highest BCUT2D eigenvalue weighted by molar-refractivity contribution is 6.00. The summed E-state index contributed by atoms with van der Waals surface area (Å²) >= 11 is 0. The molecule has 31 heavy (non-hydrogen) atoms. The summed E-state index contributed by atoms with van der Waals surface area (Å²) in [7, 11) is 2.19. The molecule has 0 aromatic carbocycles. The summed E-state index contributed by atoms with van der Waals surface area (Å²) in [6.45, 7) is 3.09. The zero-order chi connectivity index (χ0) is 23.3. The van der Waals surface area contributed by atoms with E-state index in [2.05, 4.69) is 9.72 Å². The van der Waals surface area contributed by atoms with Gasteiger partial charge in [-0.2, -0.15) is 0 Å². The van der Waals surface area contributed by atoms with Crippen LogP contribution in [0.2, 0.25) is 0 Å². The number of hydrogen-bond acceptors (Lipinski definition) is 12. The van der Waals surface area contributed by atoms with Crippen LogP contribution in [0.3, 0.4) is 0 Å². The van der Waals surface area contributed by atoms with E-state index in [1.165, 1.54) is 6.92 Å². The quantitative estimate of drug-likeness (QED) is 0.404. The SMILES string of the molecule is COC(=O)c1ncn([C@@H]2O[C@H](COC(C)=O)[C@@H](OC(C)=O)[C@H]2OC(C)=O)c1C(=O)OC.